The normalized spacial score (nSPS) is 17.9. The number of hydrogen-bond acceptors (Lipinski definition) is 4. The van der Waals surface area contributed by atoms with E-state index in [-0.39, 0.29) is 0 Å². The van der Waals surface area contributed by atoms with Crippen LogP contribution in [0.3, 0.4) is 0 Å². The summed E-state index contributed by atoms with van der Waals surface area (Å²) in [5.41, 5.74) is 0. The van der Waals surface area contributed by atoms with E-state index in [1.807, 2.05) is 12.1 Å². The average molecular weight is 317 g/mol. The van der Waals surface area contributed by atoms with Gasteiger partial charge in [-0.2, -0.15) is 0 Å². The molecule has 2 heterocycles. The third-order valence-corrected chi connectivity index (χ3v) is 4.46. The van der Waals surface area contributed by atoms with Crippen LogP contribution < -0.4 is 5.32 Å². The average Bonchev–Trinajstić information content (AvgIpc) is 2.53. The van der Waals surface area contributed by atoms with Crippen LogP contribution in [-0.4, -0.2) is 43.4 Å². The molecule has 17 heavy (non-hydrogen) atoms. The molecule has 0 bridgehead atoms. The highest BCUT2D eigenvalue weighted by Crippen LogP contribution is 2.22. The summed E-state index contributed by atoms with van der Waals surface area (Å²) in [7, 11) is 0. The molecule has 94 valence electrons. The van der Waals surface area contributed by atoms with Gasteiger partial charge in [0.25, 0.3) is 0 Å². The molecule has 0 spiro atoms. The molecule has 0 aromatic carbocycles. The molecule has 5 heteroatoms. The second-order valence-corrected chi connectivity index (χ2v) is 6.85. The maximum atomic E-state index is 11.9. The fourth-order valence-corrected chi connectivity index (χ4v) is 3.52. The summed E-state index contributed by atoms with van der Waals surface area (Å²) in [5, 5.41) is 3.35. The van der Waals surface area contributed by atoms with E-state index in [1.54, 1.807) is 11.3 Å². The van der Waals surface area contributed by atoms with Crippen LogP contribution >= 0.6 is 27.3 Å². The third kappa shape index (κ3) is 4.50. The molecule has 1 aromatic heterocycles. The Morgan fingerprint density at radius 1 is 1.41 bits per heavy atom. The van der Waals surface area contributed by atoms with Gasteiger partial charge in [-0.15, -0.1) is 11.3 Å². The number of carbonyl (C=O) groups is 1. The largest absolute Gasteiger partial charge is 0.315 e. The number of thiophene rings is 1. The lowest BCUT2D eigenvalue weighted by molar-refractivity contribution is -0.119. The first-order chi connectivity index (χ1) is 8.24. The van der Waals surface area contributed by atoms with Crippen LogP contribution in [-0.2, 0) is 11.2 Å². The van der Waals surface area contributed by atoms with E-state index in [1.165, 1.54) is 0 Å². The van der Waals surface area contributed by atoms with Gasteiger partial charge in [-0.1, -0.05) is 0 Å². The van der Waals surface area contributed by atoms with Crippen molar-refractivity contribution >= 4 is 33.0 Å². The van der Waals surface area contributed by atoms with Gasteiger partial charge in [0.1, 0.15) is 0 Å². The highest BCUT2D eigenvalue weighted by molar-refractivity contribution is 9.11. The molecule has 0 atom stereocenters. The van der Waals surface area contributed by atoms with Crippen molar-refractivity contribution in [3.63, 3.8) is 0 Å². The van der Waals surface area contributed by atoms with Crippen molar-refractivity contribution in [3.8, 4) is 0 Å². The van der Waals surface area contributed by atoms with E-state index in [0.29, 0.717) is 18.7 Å². The number of ketones is 1. The Kier molecular flexibility index (Phi) is 5.16. The second kappa shape index (κ2) is 6.64. The Hall–Kier alpha value is -0.230. The van der Waals surface area contributed by atoms with E-state index in [0.717, 1.165) is 41.3 Å². The predicted octanol–water partition coefficient (Wildman–Crippen LogP) is 1.92. The summed E-state index contributed by atoms with van der Waals surface area (Å²) in [6, 6.07) is 4.03. The van der Waals surface area contributed by atoms with E-state index in [4.69, 9.17) is 0 Å². The van der Waals surface area contributed by atoms with Crippen molar-refractivity contribution in [2.45, 2.75) is 12.8 Å². The van der Waals surface area contributed by atoms with Crippen molar-refractivity contribution in [1.29, 1.82) is 0 Å². The summed E-state index contributed by atoms with van der Waals surface area (Å²) in [5.74, 6) is 0.321. The highest BCUT2D eigenvalue weighted by atomic mass is 79.9. The number of hydrogen-bond donors (Lipinski definition) is 1. The first-order valence-electron chi connectivity index (χ1n) is 5.93. The summed E-state index contributed by atoms with van der Waals surface area (Å²) < 4.78 is 1.10. The smallest absolute Gasteiger partial charge is 0.152 e. The van der Waals surface area contributed by atoms with Crippen LogP contribution in [0.2, 0.25) is 0 Å². The van der Waals surface area contributed by atoms with Gasteiger partial charge in [-0.3, -0.25) is 9.69 Å². The monoisotopic (exact) mass is 316 g/mol. The number of carbonyl (C=O) groups excluding carboxylic acids is 1. The van der Waals surface area contributed by atoms with Crippen LogP contribution in [0.5, 0.6) is 0 Å². The molecular weight excluding hydrogens is 300 g/mol. The molecule has 1 fully saturated rings. The molecule has 0 unspecified atom stereocenters. The summed E-state index contributed by atoms with van der Waals surface area (Å²) in [6.07, 6.45) is 1.71. The molecule has 2 rings (SSSR count). The van der Waals surface area contributed by atoms with Gasteiger partial charge >= 0.3 is 0 Å². The molecule has 1 aliphatic rings. The minimum Gasteiger partial charge on any atom is -0.315 e. The quantitative estimate of drug-likeness (QED) is 0.921. The maximum absolute atomic E-state index is 11.9. The lowest BCUT2D eigenvalue weighted by atomic mass is 10.2. The minimum atomic E-state index is 0.321. The fourth-order valence-electron chi connectivity index (χ4n) is 2.01. The van der Waals surface area contributed by atoms with Crippen LogP contribution in [0.25, 0.3) is 0 Å². The molecule has 3 nitrogen and oxygen atoms in total. The zero-order valence-electron chi connectivity index (χ0n) is 9.75. The van der Waals surface area contributed by atoms with E-state index in [2.05, 4.69) is 26.1 Å². The topological polar surface area (TPSA) is 32.3 Å². The van der Waals surface area contributed by atoms with Gasteiger partial charge in [0.2, 0.25) is 0 Å². The Morgan fingerprint density at radius 3 is 3.06 bits per heavy atom. The zero-order valence-corrected chi connectivity index (χ0v) is 12.1. The van der Waals surface area contributed by atoms with Gasteiger partial charge in [-0.05, 0) is 47.6 Å². The van der Waals surface area contributed by atoms with Gasteiger partial charge in [0.05, 0.1) is 10.3 Å². The fraction of sp³-hybridized carbons (Fsp3) is 0.583. The molecule has 0 saturated carbocycles. The summed E-state index contributed by atoms with van der Waals surface area (Å²) >= 11 is 5.07. The predicted molar refractivity (Wildman–Crippen MR) is 74.7 cm³/mol. The Morgan fingerprint density at radius 2 is 2.29 bits per heavy atom. The standard InChI is InChI=1S/C12H17BrN2OS/c13-12-3-2-11(17-12)8-10(16)9-15-6-1-4-14-5-7-15/h2-3,14H,1,4-9H2. The number of nitrogens with one attached hydrogen (secondary N) is 1. The maximum Gasteiger partial charge on any atom is 0.152 e. The molecule has 1 saturated heterocycles. The number of Topliss-reactive ketones (excluding diaryl/α,β-unsaturated/α-hetero) is 1. The van der Waals surface area contributed by atoms with E-state index >= 15 is 0 Å². The Labute approximate surface area is 114 Å². The first kappa shape index (κ1) is 13.2. The zero-order chi connectivity index (χ0) is 12.1. The summed E-state index contributed by atoms with van der Waals surface area (Å²) in [4.78, 5) is 15.3. The van der Waals surface area contributed by atoms with Gasteiger partial charge < -0.3 is 5.32 Å². The second-order valence-electron chi connectivity index (χ2n) is 4.30. The van der Waals surface area contributed by atoms with E-state index in [9.17, 15) is 4.79 Å². The Balaban J connectivity index is 1.80. The molecule has 1 N–H and O–H groups in total. The molecule has 0 amide bonds. The number of nitrogens with zero attached hydrogens (tertiary/aromatic N) is 1. The van der Waals surface area contributed by atoms with Crippen LogP contribution in [0.1, 0.15) is 11.3 Å². The van der Waals surface area contributed by atoms with Crippen LogP contribution in [0.15, 0.2) is 15.9 Å². The molecular formula is C12H17BrN2OS. The van der Waals surface area contributed by atoms with Crippen molar-refractivity contribution < 1.29 is 4.79 Å². The first-order valence-corrected chi connectivity index (χ1v) is 7.54. The Bertz CT molecular complexity index is 372. The lowest BCUT2D eigenvalue weighted by Gasteiger charge is -2.17. The van der Waals surface area contributed by atoms with Gasteiger partial charge in [0.15, 0.2) is 5.78 Å². The van der Waals surface area contributed by atoms with E-state index < -0.39 is 0 Å². The van der Waals surface area contributed by atoms with Crippen molar-refractivity contribution in [1.82, 2.24) is 10.2 Å². The van der Waals surface area contributed by atoms with Crippen molar-refractivity contribution in [2.75, 3.05) is 32.7 Å². The molecule has 0 radical (unpaired) electrons. The molecule has 1 aromatic rings. The minimum absolute atomic E-state index is 0.321. The third-order valence-electron chi connectivity index (χ3n) is 2.83. The summed E-state index contributed by atoms with van der Waals surface area (Å²) in [6.45, 7) is 4.68. The van der Waals surface area contributed by atoms with Crippen LogP contribution in [0.4, 0.5) is 0 Å². The number of halogens is 1. The lowest BCUT2D eigenvalue weighted by Crippen LogP contribution is -2.33. The number of rotatable bonds is 4. The SMILES string of the molecule is O=C(Cc1ccc(Br)s1)CN1CCCNCC1. The highest BCUT2D eigenvalue weighted by Gasteiger charge is 2.13. The van der Waals surface area contributed by atoms with Gasteiger partial charge in [0, 0.05) is 24.4 Å². The van der Waals surface area contributed by atoms with Gasteiger partial charge in [-0.25, -0.2) is 0 Å². The van der Waals surface area contributed by atoms with Crippen molar-refractivity contribution in [2.24, 2.45) is 0 Å². The molecule has 0 aliphatic carbocycles. The van der Waals surface area contributed by atoms with Crippen LogP contribution in [0, 0.1) is 0 Å². The van der Waals surface area contributed by atoms with Crippen molar-refractivity contribution in [3.05, 3.63) is 20.8 Å². The molecule has 1 aliphatic heterocycles.